The van der Waals surface area contributed by atoms with E-state index in [4.69, 9.17) is 14.9 Å². The number of hydrogen-bond acceptors (Lipinski definition) is 9. The van der Waals surface area contributed by atoms with Gasteiger partial charge in [-0.25, -0.2) is 13.2 Å². The molecule has 0 spiro atoms. The van der Waals surface area contributed by atoms with Crippen molar-refractivity contribution in [3.05, 3.63) is 60.7 Å². The smallest absolute Gasteiger partial charge is 0.333 e. The molecule has 0 aromatic heterocycles. The van der Waals surface area contributed by atoms with E-state index in [2.05, 4.69) is 16.8 Å². The van der Waals surface area contributed by atoms with Crippen LogP contribution in [0.3, 0.4) is 0 Å². The first-order valence-corrected chi connectivity index (χ1v) is 13.6. The molecular weight excluding hydrogens is 482 g/mol. The standard InChI is InChI=1S/C26H35N3O6S/c1-21(2)26(32)35-19-5-3-4-6-20-36(33,34)25-13-9-23(10-14-25)28-27-22-7-11-24(12-8-22)29(15-17-30)16-18-31/h7-14,30-31H,1,3-6,15-20H2,2H3. The molecule has 36 heavy (non-hydrogen) atoms. The van der Waals surface area contributed by atoms with E-state index >= 15 is 0 Å². The third-order valence-corrected chi connectivity index (χ3v) is 7.14. The number of sulfone groups is 1. The van der Waals surface area contributed by atoms with Gasteiger partial charge in [0.25, 0.3) is 0 Å². The van der Waals surface area contributed by atoms with Crippen LogP contribution >= 0.6 is 0 Å². The number of azo groups is 1. The number of carbonyl (C=O) groups is 1. The Kier molecular flexibility index (Phi) is 12.2. The maximum atomic E-state index is 12.6. The molecule has 0 saturated carbocycles. The first-order chi connectivity index (χ1) is 17.3. The maximum absolute atomic E-state index is 12.6. The minimum atomic E-state index is -3.39. The van der Waals surface area contributed by atoms with E-state index < -0.39 is 15.8 Å². The molecule has 0 amide bonds. The number of benzene rings is 2. The molecule has 0 aliphatic rings. The van der Waals surface area contributed by atoms with E-state index in [1.54, 1.807) is 31.2 Å². The second kappa shape index (κ2) is 15.1. The van der Waals surface area contributed by atoms with E-state index in [1.165, 1.54) is 12.1 Å². The Hall–Kier alpha value is -3.08. The van der Waals surface area contributed by atoms with Crippen molar-refractivity contribution >= 4 is 32.9 Å². The van der Waals surface area contributed by atoms with E-state index in [-0.39, 0.29) is 23.9 Å². The van der Waals surface area contributed by atoms with Gasteiger partial charge in [-0.05, 0) is 68.3 Å². The summed E-state index contributed by atoms with van der Waals surface area (Å²) in [5.74, 6) is -0.353. The summed E-state index contributed by atoms with van der Waals surface area (Å²) in [6.07, 6.45) is 2.72. The van der Waals surface area contributed by atoms with Crippen molar-refractivity contribution < 1.29 is 28.2 Å². The SMILES string of the molecule is C=C(C)C(=O)OCCCCCCS(=O)(=O)c1ccc(N=Nc2ccc(N(CCO)CCO)cc2)cc1. The molecule has 0 unspecified atom stereocenters. The fraction of sp³-hybridized carbons (Fsp3) is 0.423. The summed E-state index contributed by atoms with van der Waals surface area (Å²) in [6, 6.07) is 13.5. The van der Waals surface area contributed by atoms with Crippen LogP contribution in [0.4, 0.5) is 17.1 Å². The molecule has 9 nitrogen and oxygen atoms in total. The Balaban J connectivity index is 1.83. The van der Waals surface area contributed by atoms with Gasteiger partial charge < -0.3 is 19.8 Å². The van der Waals surface area contributed by atoms with Gasteiger partial charge in [0, 0.05) is 24.4 Å². The van der Waals surface area contributed by atoms with Crippen molar-refractivity contribution in [2.75, 3.05) is 43.6 Å². The summed E-state index contributed by atoms with van der Waals surface area (Å²) < 4.78 is 30.2. The molecule has 2 aromatic rings. The lowest BCUT2D eigenvalue weighted by Crippen LogP contribution is -2.29. The van der Waals surface area contributed by atoms with Crippen molar-refractivity contribution in [2.24, 2.45) is 10.2 Å². The number of nitrogens with zero attached hydrogens (tertiary/aromatic N) is 3. The van der Waals surface area contributed by atoms with Gasteiger partial charge in [-0.2, -0.15) is 10.2 Å². The Morgan fingerprint density at radius 1 is 0.889 bits per heavy atom. The van der Waals surface area contributed by atoms with Gasteiger partial charge in [-0.1, -0.05) is 19.4 Å². The summed E-state index contributed by atoms with van der Waals surface area (Å²) >= 11 is 0. The van der Waals surface area contributed by atoms with Crippen LogP contribution < -0.4 is 4.90 Å². The summed E-state index contributed by atoms with van der Waals surface area (Å²) in [5.41, 5.74) is 2.38. The molecule has 0 aliphatic heterocycles. The molecule has 0 saturated heterocycles. The molecular formula is C26H35N3O6S. The normalized spacial score (nSPS) is 11.5. The number of carbonyl (C=O) groups excluding carboxylic acids is 1. The number of ether oxygens (including phenoxy) is 1. The summed E-state index contributed by atoms with van der Waals surface area (Å²) in [4.78, 5) is 13.4. The largest absolute Gasteiger partial charge is 0.462 e. The van der Waals surface area contributed by atoms with E-state index in [0.717, 1.165) is 18.5 Å². The number of unbranched alkanes of at least 4 members (excludes halogenated alkanes) is 3. The second-order valence-corrected chi connectivity index (χ2v) is 10.4. The van der Waals surface area contributed by atoms with Gasteiger partial charge in [-0.3, -0.25) is 0 Å². The van der Waals surface area contributed by atoms with Gasteiger partial charge in [0.1, 0.15) is 0 Å². The topological polar surface area (TPSA) is 129 Å². The van der Waals surface area contributed by atoms with Crippen molar-refractivity contribution in [3.63, 3.8) is 0 Å². The molecule has 0 radical (unpaired) electrons. The molecule has 0 atom stereocenters. The molecule has 2 rings (SSSR count). The van der Waals surface area contributed by atoms with E-state index in [9.17, 15) is 13.2 Å². The Morgan fingerprint density at radius 3 is 1.94 bits per heavy atom. The molecule has 0 aliphatic carbocycles. The van der Waals surface area contributed by atoms with Crippen molar-refractivity contribution in [1.82, 2.24) is 0 Å². The Morgan fingerprint density at radius 2 is 1.42 bits per heavy atom. The van der Waals surface area contributed by atoms with Crippen LogP contribution in [-0.2, 0) is 19.4 Å². The number of hydrogen-bond donors (Lipinski definition) is 2. The van der Waals surface area contributed by atoms with Crippen LogP contribution in [0.25, 0.3) is 0 Å². The first-order valence-electron chi connectivity index (χ1n) is 11.9. The third-order valence-electron chi connectivity index (χ3n) is 5.32. The average Bonchev–Trinajstić information content (AvgIpc) is 2.87. The van der Waals surface area contributed by atoms with Crippen LogP contribution in [0.1, 0.15) is 32.6 Å². The zero-order valence-electron chi connectivity index (χ0n) is 20.7. The minimum Gasteiger partial charge on any atom is -0.462 e. The number of rotatable bonds is 16. The quantitative estimate of drug-likeness (QED) is 0.147. The van der Waals surface area contributed by atoms with Crippen LogP contribution in [0.2, 0.25) is 0 Å². The second-order valence-electron chi connectivity index (χ2n) is 8.29. The highest BCUT2D eigenvalue weighted by atomic mass is 32.2. The molecule has 0 heterocycles. The predicted octanol–water partition coefficient (Wildman–Crippen LogP) is 4.35. The number of esters is 1. The fourth-order valence-corrected chi connectivity index (χ4v) is 4.70. The summed E-state index contributed by atoms with van der Waals surface area (Å²) in [7, 11) is -3.39. The highest BCUT2D eigenvalue weighted by Gasteiger charge is 2.14. The van der Waals surface area contributed by atoms with Crippen LogP contribution in [-0.4, -0.2) is 63.3 Å². The lowest BCUT2D eigenvalue weighted by atomic mass is 10.2. The lowest BCUT2D eigenvalue weighted by molar-refractivity contribution is -0.139. The predicted molar refractivity (Wildman–Crippen MR) is 140 cm³/mol. The van der Waals surface area contributed by atoms with Crippen molar-refractivity contribution in [1.29, 1.82) is 0 Å². The number of aliphatic hydroxyl groups excluding tert-OH is 2. The first kappa shape index (κ1) is 29.2. The number of aliphatic hydroxyl groups is 2. The van der Waals surface area contributed by atoms with Gasteiger partial charge in [0.05, 0.1) is 41.8 Å². The number of anilines is 1. The van der Waals surface area contributed by atoms with Gasteiger partial charge in [0.15, 0.2) is 9.84 Å². The van der Waals surface area contributed by atoms with Crippen molar-refractivity contribution in [3.8, 4) is 0 Å². The van der Waals surface area contributed by atoms with Gasteiger partial charge in [-0.15, -0.1) is 0 Å². The molecule has 0 fully saturated rings. The van der Waals surface area contributed by atoms with Crippen molar-refractivity contribution in [2.45, 2.75) is 37.5 Å². The monoisotopic (exact) mass is 517 g/mol. The highest BCUT2D eigenvalue weighted by molar-refractivity contribution is 7.91. The minimum absolute atomic E-state index is 0.0119. The zero-order valence-corrected chi connectivity index (χ0v) is 21.5. The maximum Gasteiger partial charge on any atom is 0.333 e. The van der Waals surface area contributed by atoms with E-state index in [1.807, 2.05) is 17.0 Å². The Labute approximate surface area is 213 Å². The van der Waals surface area contributed by atoms with Gasteiger partial charge in [0.2, 0.25) is 0 Å². The zero-order chi connectivity index (χ0) is 26.4. The highest BCUT2D eigenvalue weighted by Crippen LogP contribution is 2.24. The van der Waals surface area contributed by atoms with E-state index in [0.29, 0.717) is 49.5 Å². The third kappa shape index (κ3) is 9.88. The molecule has 2 aromatic carbocycles. The molecule has 196 valence electrons. The Bertz CT molecular complexity index is 1090. The molecule has 10 heteroatoms. The molecule has 2 N–H and O–H groups in total. The average molecular weight is 518 g/mol. The fourth-order valence-electron chi connectivity index (χ4n) is 3.33. The lowest BCUT2D eigenvalue weighted by Gasteiger charge is -2.22. The molecule has 0 bridgehead atoms. The van der Waals surface area contributed by atoms with Crippen LogP contribution in [0, 0.1) is 0 Å². The van der Waals surface area contributed by atoms with Crippen LogP contribution in [0.15, 0.2) is 75.8 Å². The summed E-state index contributed by atoms with van der Waals surface area (Å²) in [6.45, 7) is 6.24. The van der Waals surface area contributed by atoms with Crippen LogP contribution in [0.5, 0.6) is 0 Å². The summed E-state index contributed by atoms with van der Waals surface area (Å²) in [5, 5.41) is 26.7. The van der Waals surface area contributed by atoms with Gasteiger partial charge >= 0.3 is 5.97 Å².